The van der Waals surface area contributed by atoms with E-state index in [1.54, 1.807) is 31.3 Å². The Morgan fingerprint density at radius 1 is 1.00 bits per heavy atom. The van der Waals surface area contributed by atoms with Crippen molar-refractivity contribution in [3.63, 3.8) is 0 Å². The van der Waals surface area contributed by atoms with Crippen molar-refractivity contribution in [2.24, 2.45) is 0 Å². The van der Waals surface area contributed by atoms with Crippen LogP contribution in [0.2, 0.25) is 0 Å². The Morgan fingerprint density at radius 2 is 1.57 bits per heavy atom. The summed E-state index contributed by atoms with van der Waals surface area (Å²) in [6.07, 6.45) is 1.11. The van der Waals surface area contributed by atoms with Crippen LogP contribution in [-0.4, -0.2) is 34.2 Å². The molecule has 2 rings (SSSR count). The van der Waals surface area contributed by atoms with Gasteiger partial charge in [-0.2, -0.15) is 0 Å². The molecule has 0 saturated carbocycles. The van der Waals surface area contributed by atoms with E-state index < -0.39 is 10.0 Å². The van der Waals surface area contributed by atoms with E-state index in [1.807, 2.05) is 37.3 Å². The van der Waals surface area contributed by atoms with Crippen molar-refractivity contribution in [3.05, 3.63) is 60.2 Å². The Bertz CT molecular complexity index is 788. The van der Waals surface area contributed by atoms with Crippen LogP contribution in [0, 0.1) is 6.92 Å². The van der Waals surface area contributed by atoms with E-state index in [9.17, 15) is 13.2 Å². The number of sulfonamides is 1. The van der Waals surface area contributed by atoms with Crippen molar-refractivity contribution in [3.8, 4) is 0 Å². The van der Waals surface area contributed by atoms with Gasteiger partial charge in [0.05, 0.1) is 11.9 Å². The quantitative estimate of drug-likeness (QED) is 0.845. The van der Waals surface area contributed by atoms with Gasteiger partial charge in [-0.15, -0.1) is 0 Å². The Morgan fingerprint density at radius 3 is 2.13 bits per heavy atom. The molecule has 6 heteroatoms. The Hall–Kier alpha value is -2.34. The number of nitrogens with zero attached hydrogens (tertiary/aromatic N) is 2. The number of amides is 1. The van der Waals surface area contributed by atoms with E-state index >= 15 is 0 Å². The minimum atomic E-state index is -3.57. The van der Waals surface area contributed by atoms with E-state index in [0.29, 0.717) is 5.69 Å². The number of aryl methyl sites for hydroxylation is 1. The molecule has 0 N–H and O–H groups in total. The van der Waals surface area contributed by atoms with Crippen LogP contribution in [-0.2, 0) is 14.8 Å². The molecule has 0 radical (unpaired) electrons. The lowest BCUT2D eigenvalue weighted by Crippen LogP contribution is -2.41. The van der Waals surface area contributed by atoms with Crippen molar-refractivity contribution in [1.82, 2.24) is 0 Å². The number of hydrogen-bond donors (Lipinski definition) is 0. The molecule has 0 aromatic heterocycles. The largest absolute Gasteiger partial charge is 0.314 e. The lowest BCUT2D eigenvalue weighted by molar-refractivity contribution is -0.116. The molecule has 0 atom stereocenters. The van der Waals surface area contributed by atoms with E-state index in [2.05, 4.69) is 0 Å². The summed E-state index contributed by atoms with van der Waals surface area (Å²) in [7, 11) is -1.93. The summed E-state index contributed by atoms with van der Waals surface area (Å²) in [5.41, 5.74) is 2.04. The van der Waals surface area contributed by atoms with Crippen molar-refractivity contribution in [2.75, 3.05) is 29.1 Å². The molecular weight excluding hydrogens is 312 g/mol. The van der Waals surface area contributed by atoms with Crippen LogP contribution < -0.4 is 9.21 Å². The zero-order chi connectivity index (χ0) is 17.0. The molecule has 0 bridgehead atoms. The summed E-state index contributed by atoms with van der Waals surface area (Å²) in [6.45, 7) is 1.58. The Kier molecular flexibility index (Phi) is 5.05. The number of carbonyl (C=O) groups excluding carboxylic acids is 1. The van der Waals surface area contributed by atoms with Gasteiger partial charge in [0, 0.05) is 12.7 Å². The molecule has 0 aliphatic rings. The maximum absolute atomic E-state index is 12.5. The molecule has 5 nitrogen and oxygen atoms in total. The summed E-state index contributed by atoms with van der Waals surface area (Å²) in [5, 5.41) is 0. The second-order valence-electron chi connectivity index (χ2n) is 5.34. The van der Waals surface area contributed by atoms with Crippen LogP contribution in [0.15, 0.2) is 54.6 Å². The minimum Gasteiger partial charge on any atom is -0.314 e. The predicted molar refractivity (Wildman–Crippen MR) is 93.2 cm³/mol. The topological polar surface area (TPSA) is 57.7 Å². The highest BCUT2D eigenvalue weighted by atomic mass is 32.2. The average molecular weight is 332 g/mol. The number of hydrogen-bond acceptors (Lipinski definition) is 3. The SMILES string of the molecule is Cc1ccccc1N(CC(=O)N(C)c1ccccc1)S(C)(=O)=O. The normalized spacial score (nSPS) is 11.1. The first-order valence-corrected chi connectivity index (χ1v) is 9.00. The van der Waals surface area contributed by atoms with Crippen molar-refractivity contribution in [2.45, 2.75) is 6.92 Å². The van der Waals surface area contributed by atoms with Gasteiger partial charge in [0.1, 0.15) is 6.54 Å². The zero-order valence-electron chi connectivity index (χ0n) is 13.4. The van der Waals surface area contributed by atoms with E-state index in [4.69, 9.17) is 0 Å². The van der Waals surface area contributed by atoms with Gasteiger partial charge in [0.2, 0.25) is 15.9 Å². The number of carbonyl (C=O) groups is 1. The lowest BCUT2D eigenvalue weighted by atomic mass is 10.2. The van der Waals surface area contributed by atoms with Gasteiger partial charge >= 0.3 is 0 Å². The highest BCUT2D eigenvalue weighted by Crippen LogP contribution is 2.22. The third-order valence-electron chi connectivity index (χ3n) is 3.58. The number of anilines is 2. The van der Waals surface area contributed by atoms with E-state index in [1.165, 1.54) is 4.90 Å². The molecule has 0 heterocycles. The molecular formula is C17H20N2O3S. The first-order chi connectivity index (χ1) is 10.8. The summed E-state index contributed by atoms with van der Waals surface area (Å²) in [6, 6.07) is 16.2. The summed E-state index contributed by atoms with van der Waals surface area (Å²) in [4.78, 5) is 14.0. The standard InChI is InChI=1S/C17H20N2O3S/c1-14-9-7-8-12-16(14)19(23(3,21)22)13-17(20)18(2)15-10-5-4-6-11-15/h4-12H,13H2,1-3H3. The first-order valence-electron chi connectivity index (χ1n) is 7.15. The van der Waals surface area contributed by atoms with Crippen LogP contribution in [0.3, 0.4) is 0 Å². The molecule has 122 valence electrons. The number of benzene rings is 2. The summed E-state index contributed by atoms with van der Waals surface area (Å²) < 4.78 is 25.4. The number of likely N-dealkylation sites (N-methyl/N-ethyl adjacent to an activating group) is 1. The molecule has 0 fully saturated rings. The highest BCUT2D eigenvalue weighted by Gasteiger charge is 2.24. The Labute approximate surface area is 137 Å². The molecule has 2 aromatic rings. The third-order valence-corrected chi connectivity index (χ3v) is 4.71. The fourth-order valence-electron chi connectivity index (χ4n) is 2.25. The highest BCUT2D eigenvalue weighted by molar-refractivity contribution is 7.92. The van der Waals surface area contributed by atoms with Crippen molar-refractivity contribution in [1.29, 1.82) is 0 Å². The first kappa shape index (κ1) is 17.0. The van der Waals surface area contributed by atoms with Crippen LogP contribution in [0.4, 0.5) is 11.4 Å². The second-order valence-corrected chi connectivity index (χ2v) is 7.25. The maximum atomic E-state index is 12.5. The minimum absolute atomic E-state index is 0.241. The molecule has 0 saturated heterocycles. The predicted octanol–water partition coefficient (Wildman–Crippen LogP) is 2.42. The van der Waals surface area contributed by atoms with Gasteiger partial charge in [-0.3, -0.25) is 9.10 Å². The fourth-order valence-corrected chi connectivity index (χ4v) is 3.16. The van der Waals surface area contributed by atoms with E-state index in [0.717, 1.165) is 21.8 Å². The van der Waals surface area contributed by atoms with Gasteiger partial charge in [-0.05, 0) is 30.7 Å². The third kappa shape index (κ3) is 4.10. The zero-order valence-corrected chi connectivity index (χ0v) is 14.2. The van der Waals surface area contributed by atoms with Crippen molar-refractivity contribution >= 4 is 27.3 Å². The molecule has 0 aliphatic carbocycles. The molecule has 2 aromatic carbocycles. The van der Waals surface area contributed by atoms with Crippen molar-refractivity contribution < 1.29 is 13.2 Å². The summed E-state index contributed by atoms with van der Waals surface area (Å²) in [5.74, 6) is -0.301. The van der Waals surface area contributed by atoms with Gasteiger partial charge in [-0.25, -0.2) is 8.42 Å². The van der Waals surface area contributed by atoms with Crippen LogP contribution >= 0.6 is 0 Å². The molecule has 0 spiro atoms. The summed E-state index contributed by atoms with van der Waals surface area (Å²) >= 11 is 0. The van der Waals surface area contributed by atoms with Gasteiger partial charge < -0.3 is 4.90 Å². The lowest BCUT2D eigenvalue weighted by Gasteiger charge is -2.26. The average Bonchev–Trinajstić information content (AvgIpc) is 2.52. The van der Waals surface area contributed by atoms with Crippen LogP contribution in [0.1, 0.15) is 5.56 Å². The number of para-hydroxylation sites is 2. The van der Waals surface area contributed by atoms with Gasteiger partial charge in [-0.1, -0.05) is 36.4 Å². The van der Waals surface area contributed by atoms with Crippen LogP contribution in [0.5, 0.6) is 0 Å². The van der Waals surface area contributed by atoms with Crippen LogP contribution in [0.25, 0.3) is 0 Å². The molecule has 1 amide bonds. The Balaban J connectivity index is 2.29. The molecule has 0 unspecified atom stereocenters. The van der Waals surface area contributed by atoms with Gasteiger partial charge in [0.15, 0.2) is 0 Å². The molecule has 0 aliphatic heterocycles. The maximum Gasteiger partial charge on any atom is 0.247 e. The molecule has 23 heavy (non-hydrogen) atoms. The van der Waals surface area contributed by atoms with Gasteiger partial charge in [0.25, 0.3) is 0 Å². The fraction of sp³-hybridized carbons (Fsp3) is 0.235. The monoisotopic (exact) mass is 332 g/mol. The smallest absolute Gasteiger partial charge is 0.247 e. The second kappa shape index (κ2) is 6.83. The number of rotatable bonds is 5. The van der Waals surface area contributed by atoms with E-state index in [-0.39, 0.29) is 12.5 Å².